The lowest BCUT2D eigenvalue weighted by molar-refractivity contribution is -0.141. The minimum absolute atomic E-state index is 0.0188. The molecule has 0 N–H and O–H groups in total. The average molecular weight is 401 g/mol. The Morgan fingerprint density at radius 2 is 1.54 bits per heavy atom. The van der Waals surface area contributed by atoms with Crippen LogP contribution in [0.2, 0.25) is 36.3 Å². The van der Waals surface area contributed by atoms with Gasteiger partial charge in [-0.05, 0) is 36.3 Å². The van der Waals surface area contributed by atoms with Crippen LogP contribution in [0.25, 0.3) is 0 Å². The van der Waals surface area contributed by atoms with E-state index < -0.39 is 16.6 Å². The van der Waals surface area contributed by atoms with Gasteiger partial charge < -0.3 is 13.6 Å². The van der Waals surface area contributed by atoms with Gasteiger partial charge in [-0.3, -0.25) is 4.79 Å². The van der Waals surface area contributed by atoms with Crippen LogP contribution in [0.1, 0.15) is 54.4 Å². The van der Waals surface area contributed by atoms with Gasteiger partial charge in [0, 0.05) is 24.9 Å². The minimum atomic E-state index is -1.87. The van der Waals surface area contributed by atoms with Crippen molar-refractivity contribution in [3.63, 3.8) is 0 Å². The average Bonchev–Trinajstić information content (AvgIpc) is 2.89. The van der Waals surface area contributed by atoms with Gasteiger partial charge in [0.2, 0.25) is 0 Å². The van der Waals surface area contributed by atoms with Gasteiger partial charge in [0.25, 0.3) is 0 Å². The zero-order valence-corrected chi connectivity index (χ0v) is 20.6. The number of hydrogen-bond donors (Lipinski definition) is 0. The van der Waals surface area contributed by atoms with Crippen molar-refractivity contribution in [1.29, 1.82) is 0 Å². The fourth-order valence-corrected chi connectivity index (χ4v) is 5.82. The molecule has 1 aliphatic carbocycles. The van der Waals surface area contributed by atoms with E-state index >= 15 is 0 Å². The third-order valence-electron chi connectivity index (χ3n) is 7.35. The Bertz CT molecular complexity index is 531. The highest BCUT2D eigenvalue weighted by molar-refractivity contribution is 6.74. The first kappa shape index (κ1) is 22.1. The third kappa shape index (κ3) is 4.45. The predicted molar refractivity (Wildman–Crippen MR) is 111 cm³/mol. The monoisotopic (exact) mass is 400 g/mol. The van der Waals surface area contributed by atoms with Gasteiger partial charge in [0.05, 0.1) is 12.5 Å². The van der Waals surface area contributed by atoms with Crippen molar-refractivity contribution in [3.8, 4) is 0 Å². The van der Waals surface area contributed by atoms with Crippen molar-refractivity contribution in [1.82, 2.24) is 0 Å². The second kappa shape index (κ2) is 7.01. The van der Waals surface area contributed by atoms with E-state index in [1.165, 1.54) is 0 Å². The van der Waals surface area contributed by atoms with Crippen molar-refractivity contribution in [2.45, 2.75) is 103 Å². The number of fused-ring (bicyclic) bond motifs is 1. The molecule has 0 radical (unpaired) electrons. The smallest absolute Gasteiger partial charge is 0.306 e. The molecule has 0 spiro atoms. The van der Waals surface area contributed by atoms with E-state index in [1.807, 2.05) is 0 Å². The third-order valence-corrected chi connectivity index (χ3v) is 16.4. The predicted octanol–water partition coefficient (Wildman–Crippen LogP) is 5.35. The number of carbonyl (C=O) groups excluding carboxylic acids is 1. The molecule has 0 bridgehead atoms. The summed E-state index contributed by atoms with van der Waals surface area (Å²) >= 11 is 0. The highest BCUT2D eigenvalue weighted by atomic mass is 28.4. The first-order valence-corrected chi connectivity index (χ1v) is 15.9. The van der Waals surface area contributed by atoms with Crippen LogP contribution in [0.15, 0.2) is 0 Å². The molecule has 1 heterocycles. The molecule has 2 rings (SSSR count). The summed E-state index contributed by atoms with van der Waals surface area (Å²) in [6, 6.07) is 0. The van der Waals surface area contributed by atoms with Crippen LogP contribution in [0, 0.1) is 11.8 Å². The van der Waals surface area contributed by atoms with E-state index in [2.05, 4.69) is 67.7 Å². The quantitative estimate of drug-likeness (QED) is 0.461. The molecule has 4 atom stereocenters. The molecular weight excluding hydrogens is 360 g/mol. The molecule has 2 aliphatic rings. The van der Waals surface area contributed by atoms with Crippen molar-refractivity contribution in [2.24, 2.45) is 11.8 Å². The first-order chi connectivity index (χ1) is 11.6. The molecular formula is C20H40O4Si2. The number of hydrogen-bond acceptors (Lipinski definition) is 4. The van der Waals surface area contributed by atoms with Gasteiger partial charge in [-0.1, -0.05) is 41.5 Å². The van der Waals surface area contributed by atoms with Crippen LogP contribution >= 0.6 is 0 Å². The Morgan fingerprint density at radius 1 is 1.00 bits per heavy atom. The van der Waals surface area contributed by atoms with Gasteiger partial charge >= 0.3 is 5.97 Å². The number of carbonyl (C=O) groups is 1. The number of rotatable bonds is 5. The van der Waals surface area contributed by atoms with E-state index in [-0.39, 0.29) is 40.1 Å². The zero-order chi connectivity index (χ0) is 20.1. The molecule has 4 nitrogen and oxygen atoms in total. The Morgan fingerprint density at radius 3 is 2.04 bits per heavy atom. The summed E-state index contributed by atoms with van der Waals surface area (Å²) in [6.07, 6.45) is 1.51. The second-order valence-corrected chi connectivity index (χ2v) is 20.8. The molecule has 0 aromatic carbocycles. The van der Waals surface area contributed by atoms with Gasteiger partial charge in [0.1, 0.15) is 6.10 Å². The molecule has 6 heteroatoms. The summed E-state index contributed by atoms with van der Waals surface area (Å²) < 4.78 is 18.9. The Hall–Kier alpha value is -0.176. The summed E-state index contributed by atoms with van der Waals surface area (Å²) in [4.78, 5) is 11.8. The molecule has 0 aromatic rings. The first-order valence-electron chi connectivity index (χ1n) is 10.1. The lowest BCUT2D eigenvalue weighted by atomic mass is 9.93. The van der Waals surface area contributed by atoms with Crippen molar-refractivity contribution >= 4 is 22.6 Å². The largest absolute Gasteiger partial charge is 0.462 e. The highest BCUT2D eigenvalue weighted by Crippen LogP contribution is 2.47. The van der Waals surface area contributed by atoms with Gasteiger partial charge in [0.15, 0.2) is 16.6 Å². The van der Waals surface area contributed by atoms with Crippen molar-refractivity contribution in [3.05, 3.63) is 0 Å². The van der Waals surface area contributed by atoms with E-state index in [0.29, 0.717) is 13.0 Å². The van der Waals surface area contributed by atoms with Crippen LogP contribution in [-0.2, 0) is 18.4 Å². The Kier molecular flexibility index (Phi) is 5.97. The molecule has 1 saturated carbocycles. The molecule has 1 aliphatic heterocycles. The van der Waals surface area contributed by atoms with Crippen LogP contribution in [0.5, 0.6) is 0 Å². The Labute approximate surface area is 162 Å². The normalized spacial score (nSPS) is 30.5. The topological polar surface area (TPSA) is 44.8 Å². The maximum atomic E-state index is 11.8. The zero-order valence-electron chi connectivity index (χ0n) is 18.6. The fraction of sp³-hybridized carbons (Fsp3) is 0.950. The molecule has 0 unspecified atom stereocenters. The summed E-state index contributed by atoms with van der Waals surface area (Å²) in [6.45, 7) is 23.5. The maximum absolute atomic E-state index is 11.8. The van der Waals surface area contributed by atoms with Crippen LogP contribution < -0.4 is 0 Å². The van der Waals surface area contributed by atoms with Crippen LogP contribution in [0.4, 0.5) is 0 Å². The van der Waals surface area contributed by atoms with Gasteiger partial charge in [-0.15, -0.1) is 0 Å². The second-order valence-electron chi connectivity index (χ2n) is 11.3. The van der Waals surface area contributed by atoms with Crippen molar-refractivity contribution in [2.75, 3.05) is 6.61 Å². The Balaban J connectivity index is 2.16. The number of ether oxygens (including phenoxy) is 1. The van der Waals surface area contributed by atoms with E-state index in [0.717, 1.165) is 6.42 Å². The lowest BCUT2D eigenvalue weighted by Gasteiger charge is -2.41. The van der Waals surface area contributed by atoms with Gasteiger partial charge in [-0.25, -0.2) is 0 Å². The van der Waals surface area contributed by atoms with E-state index in [9.17, 15) is 4.79 Å². The summed E-state index contributed by atoms with van der Waals surface area (Å²) in [5.41, 5.74) is 0. The molecule has 0 amide bonds. The molecule has 0 aromatic heterocycles. The maximum Gasteiger partial charge on any atom is 0.306 e. The van der Waals surface area contributed by atoms with Crippen molar-refractivity contribution < 1.29 is 18.4 Å². The number of esters is 1. The molecule has 2 fully saturated rings. The molecule has 1 saturated heterocycles. The summed E-state index contributed by atoms with van der Waals surface area (Å²) in [5, 5.41) is 0.356. The summed E-state index contributed by atoms with van der Waals surface area (Å²) in [5.74, 6) is 0.458. The minimum Gasteiger partial charge on any atom is -0.462 e. The lowest BCUT2D eigenvalue weighted by Crippen LogP contribution is -2.47. The summed E-state index contributed by atoms with van der Waals surface area (Å²) in [7, 11) is -3.70. The van der Waals surface area contributed by atoms with E-state index in [4.69, 9.17) is 13.6 Å². The SMILES string of the molecule is CC(C)(C)[Si](C)(C)OC[C@@H]1[C@H]2CC(=O)O[C@H]2C[C@H]1O[Si](C)(C)C(C)(C)C. The van der Waals surface area contributed by atoms with Crippen LogP contribution in [0.3, 0.4) is 0 Å². The standard InChI is InChI=1S/C20H40O4Si2/c1-19(2,3)25(7,8)22-13-15-14-11-18(21)23-16(14)12-17(15)24-26(9,10)20(4,5)6/h14-17H,11-13H2,1-10H3/t14-,15-,16+,17-/m1/s1. The fourth-order valence-electron chi connectivity index (χ4n) is 3.40. The highest BCUT2D eigenvalue weighted by Gasteiger charge is 2.53. The molecule has 26 heavy (non-hydrogen) atoms. The van der Waals surface area contributed by atoms with E-state index in [1.54, 1.807) is 0 Å². The van der Waals surface area contributed by atoms with Gasteiger partial charge in [-0.2, -0.15) is 0 Å². The van der Waals surface area contributed by atoms with Crippen LogP contribution in [-0.4, -0.2) is 41.4 Å². The molecule has 152 valence electrons.